The van der Waals surface area contributed by atoms with Gasteiger partial charge in [-0.25, -0.2) is 0 Å². The summed E-state index contributed by atoms with van der Waals surface area (Å²) in [4.78, 5) is 0. The first-order valence-electron chi connectivity index (χ1n) is 18.9. The van der Waals surface area contributed by atoms with Crippen LogP contribution in [0.3, 0.4) is 0 Å². The third-order valence-electron chi connectivity index (χ3n) is 7.60. The van der Waals surface area contributed by atoms with Crippen molar-refractivity contribution in [3.63, 3.8) is 0 Å². The average Bonchev–Trinajstić information content (AvgIpc) is 3.22. The molecule has 0 spiro atoms. The minimum absolute atomic E-state index is 0.775. The second kappa shape index (κ2) is 28.1. The average molecular weight is 655 g/mol. The van der Waals surface area contributed by atoms with Crippen molar-refractivity contribution < 1.29 is 9.47 Å². The second-order valence-corrected chi connectivity index (χ2v) is 10.5. The van der Waals surface area contributed by atoms with Crippen molar-refractivity contribution in [1.29, 1.82) is 0 Å². The third-order valence-corrected chi connectivity index (χ3v) is 7.60. The zero-order valence-electron chi connectivity index (χ0n) is 31.5. The number of fused-ring (bicyclic) bond motifs is 4. The third kappa shape index (κ3) is 15.3. The van der Waals surface area contributed by atoms with Crippen LogP contribution < -0.4 is 20.1 Å². The summed E-state index contributed by atoms with van der Waals surface area (Å²) in [6.07, 6.45) is 10.2. The summed E-state index contributed by atoms with van der Waals surface area (Å²) in [7, 11) is 0. The summed E-state index contributed by atoms with van der Waals surface area (Å²) in [5.74, 6) is 2.04. The van der Waals surface area contributed by atoms with Gasteiger partial charge in [-0.05, 0) is 97.9 Å². The number of ether oxygens (including phenoxy) is 2. The van der Waals surface area contributed by atoms with Crippen LogP contribution in [-0.2, 0) is 25.7 Å². The van der Waals surface area contributed by atoms with Crippen molar-refractivity contribution in [2.24, 2.45) is 0 Å². The van der Waals surface area contributed by atoms with E-state index in [9.17, 15) is 0 Å². The van der Waals surface area contributed by atoms with Crippen LogP contribution in [0.15, 0.2) is 97.1 Å². The first-order chi connectivity index (χ1) is 23.9. The first kappa shape index (κ1) is 42.1. The topological polar surface area (TPSA) is 42.5 Å². The van der Waals surface area contributed by atoms with Crippen molar-refractivity contribution in [2.75, 3.05) is 36.9 Å². The number of aryl methyl sites for hydroxylation is 4. The van der Waals surface area contributed by atoms with E-state index in [2.05, 4.69) is 71.3 Å². The summed E-state index contributed by atoms with van der Waals surface area (Å²) < 4.78 is 10.8. The van der Waals surface area contributed by atoms with Crippen LogP contribution in [0.25, 0.3) is 0 Å². The van der Waals surface area contributed by atoms with Gasteiger partial charge in [0.1, 0.15) is 18.1 Å². The highest BCUT2D eigenvalue weighted by molar-refractivity contribution is 5.57. The van der Waals surface area contributed by atoms with Gasteiger partial charge in [0.2, 0.25) is 0 Å². The summed E-state index contributed by atoms with van der Waals surface area (Å²) >= 11 is 0. The molecule has 4 aliphatic rings. The molecule has 2 N–H and O–H groups in total. The fraction of sp³-hybridized carbons (Fsp3) is 0.455. The predicted octanol–water partition coefficient (Wildman–Crippen LogP) is 12.2. The highest BCUT2D eigenvalue weighted by Crippen LogP contribution is 2.26. The number of hydrogen-bond donors (Lipinski definition) is 2. The van der Waals surface area contributed by atoms with Gasteiger partial charge in [-0.15, -0.1) is 0 Å². The minimum atomic E-state index is 0.775. The van der Waals surface area contributed by atoms with Crippen molar-refractivity contribution in [2.45, 2.75) is 107 Å². The van der Waals surface area contributed by atoms with Crippen LogP contribution >= 0.6 is 0 Å². The maximum atomic E-state index is 5.42. The smallest absolute Gasteiger partial charge is 0.142 e. The molecule has 0 unspecified atom stereocenters. The number of rotatable bonds is 0. The Morgan fingerprint density at radius 1 is 0.375 bits per heavy atom. The zero-order valence-corrected chi connectivity index (χ0v) is 31.5. The van der Waals surface area contributed by atoms with Crippen molar-refractivity contribution in [3.05, 3.63) is 119 Å². The van der Waals surface area contributed by atoms with E-state index in [1.807, 2.05) is 91.8 Å². The highest BCUT2D eigenvalue weighted by atomic mass is 16.5. The normalized spacial score (nSPS) is 13.5. The molecule has 8 rings (SSSR count). The van der Waals surface area contributed by atoms with Crippen molar-refractivity contribution >= 4 is 11.4 Å². The molecule has 0 saturated heterocycles. The van der Waals surface area contributed by atoms with Gasteiger partial charge >= 0.3 is 0 Å². The Bertz CT molecular complexity index is 1030. The van der Waals surface area contributed by atoms with Gasteiger partial charge in [-0.3, -0.25) is 0 Å². The maximum Gasteiger partial charge on any atom is 0.142 e. The molecule has 3 heterocycles. The molecule has 0 fully saturated rings. The van der Waals surface area contributed by atoms with E-state index in [0.29, 0.717) is 0 Å². The fourth-order valence-corrected chi connectivity index (χ4v) is 5.47. The molecular weight excluding hydrogens is 588 g/mol. The molecule has 0 bridgehead atoms. The van der Waals surface area contributed by atoms with Crippen LogP contribution in [-0.4, -0.2) is 26.3 Å². The lowest BCUT2D eigenvalue weighted by Gasteiger charge is -2.17. The SMILES string of the molecule is CC.CC.CC.CC.c1ccc2c(c1)CCCC2.c1ccc2c(c1)CCCN2.c1ccc2c(c1)CCCO2.c1ccc2c(c1)NCCO2. The Hall–Kier alpha value is -3.92. The molecule has 4 nitrogen and oxygen atoms in total. The van der Waals surface area contributed by atoms with Crippen LogP contribution in [0.1, 0.15) is 103 Å². The summed E-state index contributed by atoms with van der Waals surface area (Å²) in [5, 5.41) is 6.60. The van der Waals surface area contributed by atoms with Crippen LogP contribution in [0.4, 0.5) is 11.4 Å². The molecular formula is C44H66N2O2. The second-order valence-electron chi connectivity index (χ2n) is 10.5. The van der Waals surface area contributed by atoms with E-state index in [1.54, 1.807) is 11.1 Å². The monoisotopic (exact) mass is 655 g/mol. The molecule has 0 aromatic heterocycles. The molecule has 4 heteroatoms. The first-order valence-corrected chi connectivity index (χ1v) is 18.9. The number of nitrogens with one attached hydrogen (secondary N) is 2. The molecule has 3 aliphatic heterocycles. The van der Waals surface area contributed by atoms with Gasteiger partial charge in [-0.2, -0.15) is 0 Å². The molecule has 0 atom stereocenters. The largest absolute Gasteiger partial charge is 0.493 e. The maximum absolute atomic E-state index is 5.42. The lowest BCUT2D eigenvalue weighted by molar-refractivity contribution is 0.288. The molecule has 48 heavy (non-hydrogen) atoms. The molecule has 0 saturated carbocycles. The lowest BCUT2D eigenvalue weighted by Crippen LogP contribution is -2.17. The summed E-state index contributed by atoms with van der Waals surface area (Å²) in [6, 6.07) is 33.6. The Balaban J connectivity index is 0.000000299. The standard InChI is InChI=1S/C10H12.C9H11N.C9H10O.C8H9NO.4C2H6/c1-2-6-10-8-4-3-7-9(10)5-1;2*1-2-6-9-8(4-1)5-3-7-10-9;1-2-4-8-7(3-1)9-5-6-10-8;4*1-2/h1-2,5-6H,3-4,7-8H2;1-2,4,6,10H,3,5,7H2;1-2,4,6H,3,5,7H2;1-4,9H,5-6H2;4*1-2H3. The molecule has 0 amide bonds. The Kier molecular flexibility index (Phi) is 24.7. The Morgan fingerprint density at radius 3 is 1.40 bits per heavy atom. The van der Waals surface area contributed by atoms with E-state index in [4.69, 9.17) is 9.47 Å². The number of hydrogen-bond acceptors (Lipinski definition) is 4. The van der Waals surface area contributed by atoms with Crippen LogP contribution in [0.2, 0.25) is 0 Å². The van der Waals surface area contributed by atoms with E-state index < -0.39 is 0 Å². The van der Waals surface area contributed by atoms with Crippen LogP contribution in [0.5, 0.6) is 11.5 Å². The predicted molar refractivity (Wildman–Crippen MR) is 212 cm³/mol. The van der Waals surface area contributed by atoms with E-state index in [0.717, 1.165) is 49.9 Å². The van der Waals surface area contributed by atoms with Gasteiger partial charge in [0.15, 0.2) is 0 Å². The van der Waals surface area contributed by atoms with Crippen LogP contribution in [0, 0.1) is 0 Å². The molecule has 0 radical (unpaired) electrons. The molecule has 4 aromatic carbocycles. The number of para-hydroxylation sites is 4. The van der Waals surface area contributed by atoms with Gasteiger partial charge in [0.05, 0.1) is 12.3 Å². The quantitative estimate of drug-likeness (QED) is 0.198. The van der Waals surface area contributed by atoms with E-state index >= 15 is 0 Å². The van der Waals surface area contributed by atoms with Gasteiger partial charge < -0.3 is 20.1 Å². The molecule has 1 aliphatic carbocycles. The van der Waals surface area contributed by atoms with Gasteiger partial charge in [0.25, 0.3) is 0 Å². The molecule has 4 aromatic rings. The van der Waals surface area contributed by atoms with Gasteiger partial charge in [0, 0.05) is 18.8 Å². The van der Waals surface area contributed by atoms with E-state index in [1.165, 1.54) is 61.8 Å². The van der Waals surface area contributed by atoms with E-state index in [-0.39, 0.29) is 0 Å². The van der Waals surface area contributed by atoms with Gasteiger partial charge in [-0.1, -0.05) is 128 Å². The number of anilines is 2. The van der Waals surface area contributed by atoms with Crippen molar-refractivity contribution in [1.82, 2.24) is 0 Å². The van der Waals surface area contributed by atoms with Crippen molar-refractivity contribution in [3.8, 4) is 11.5 Å². The highest BCUT2D eigenvalue weighted by Gasteiger charge is 2.08. The summed E-state index contributed by atoms with van der Waals surface area (Å²) in [5.41, 5.74) is 8.41. The minimum Gasteiger partial charge on any atom is -0.493 e. The molecule has 264 valence electrons. The Labute approximate surface area is 294 Å². The lowest BCUT2D eigenvalue weighted by atomic mass is 9.92. The Morgan fingerprint density at radius 2 is 0.812 bits per heavy atom. The zero-order chi connectivity index (χ0) is 35.2. The number of benzene rings is 4. The summed E-state index contributed by atoms with van der Waals surface area (Å²) in [6.45, 7) is 19.7. The fourth-order valence-electron chi connectivity index (χ4n) is 5.47.